The molecule has 2 atom stereocenters. The van der Waals surface area contributed by atoms with Crippen LogP contribution in [0.4, 0.5) is 0 Å². The first-order valence-corrected chi connectivity index (χ1v) is 7.48. The van der Waals surface area contributed by atoms with E-state index in [1.807, 2.05) is 35.2 Å². The summed E-state index contributed by atoms with van der Waals surface area (Å²) >= 11 is 0. The monoisotopic (exact) mass is 275 g/mol. The van der Waals surface area contributed by atoms with E-state index < -0.39 is 0 Å². The average molecular weight is 275 g/mol. The van der Waals surface area contributed by atoms with E-state index in [1.54, 1.807) is 0 Å². The zero-order chi connectivity index (χ0) is 14.4. The summed E-state index contributed by atoms with van der Waals surface area (Å²) in [5.41, 5.74) is 12.8. The van der Waals surface area contributed by atoms with Crippen molar-refractivity contribution in [3.63, 3.8) is 0 Å². The highest BCUT2D eigenvalue weighted by molar-refractivity contribution is 5.76. The fraction of sp³-hybridized carbons (Fsp3) is 0.562. The number of benzene rings is 1. The van der Waals surface area contributed by atoms with Gasteiger partial charge in [-0.15, -0.1) is 0 Å². The van der Waals surface area contributed by atoms with Crippen LogP contribution in [0.3, 0.4) is 0 Å². The molecule has 1 amide bonds. The van der Waals surface area contributed by atoms with E-state index >= 15 is 0 Å². The van der Waals surface area contributed by atoms with Crippen LogP contribution in [0.25, 0.3) is 0 Å². The smallest absolute Gasteiger partial charge is 0.223 e. The van der Waals surface area contributed by atoms with Gasteiger partial charge in [0.15, 0.2) is 0 Å². The predicted octanol–water partition coefficient (Wildman–Crippen LogP) is 1.49. The standard InChI is InChI=1S/C16H25N3O/c17-9-10-19(12-13-5-2-1-3-6-13)16(20)11-14-7-4-8-15(14)18/h1-3,5-6,14-15H,4,7-12,17-18H2/t14-,15+/m0/s1. The highest BCUT2D eigenvalue weighted by Crippen LogP contribution is 2.27. The third-order valence-corrected chi connectivity index (χ3v) is 4.12. The zero-order valence-electron chi connectivity index (χ0n) is 12.0. The molecule has 20 heavy (non-hydrogen) atoms. The van der Waals surface area contributed by atoms with Gasteiger partial charge in [-0.25, -0.2) is 0 Å². The van der Waals surface area contributed by atoms with Crippen molar-refractivity contribution in [1.82, 2.24) is 4.90 Å². The van der Waals surface area contributed by atoms with Gasteiger partial charge in [-0.2, -0.15) is 0 Å². The van der Waals surface area contributed by atoms with Crippen LogP contribution in [0.15, 0.2) is 30.3 Å². The van der Waals surface area contributed by atoms with E-state index in [0.29, 0.717) is 32.0 Å². The third-order valence-electron chi connectivity index (χ3n) is 4.12. The van der Waals surface area contributed by atoms with Gasteiger partial charge in [0.1, 0.15) is 0 Å². The number of amides is 1. The van der Waals surface area contributed by atoms with Crippen LogP contribution in [0.1, 0.15) is 31.2 Å². The van der Waals surface area contributed by atoms with Crippen molar-refractivity contribution in [3.8, 4) is 0 Å². The summed E-state index contributed by atoms with van der Waals surface area (Å²) in [6.07, 6.45) is 3.84. The Hall–Kier alpha value is -1.39. The molecule has 0 unspecified atom stereocenters. The van der Waals surface area contributed by atoms with Crippen molar-refractivity contribution in [2.75, 3.05) is 13.1 Å². The minimum Gasteiger partial charge on any atom is -0.337 e. The molecule has 4 nitrogen and oxygen atoms in total. The van der Waals surface area contributed by atoms with Crippen LogP contribution >= 0.6 is 0 Å². The lowest BCUT2D eigenvalue weighted by Gasteiger charge is -2.25. The molecule has 1 aliphatic carbocycles. The molecule has 0 spiro atoms. The topological polar surface area (TPSA) is 72.3 Å². The summed E-state index contributed by atoms with van der Waals surface area (Å²) in [6, 6.07) is 10.2. The van der Waals surface area contributed by atoms with E-state index in [4.69, 9.17) is 11.5 Å². The molecule has 0 radical (unpaired) electrons. The number of carbonyl (C=O) groups is 1. The second kappa shape index (κ2) is 7.41. The Balaban J connectivity index is 1.95. The largest absolute Gasteiger partial charge is 0.337 e. The van der Waals surface area contributed by atoms with Crippen LogP contribution in [-0.2, 0) is 11.3 Å². The van der Waals surface area contributed by atoms with Crippen LogP contribution in [-0.4, -0.2) is 29.9 Å². The van der Waals surface area contributed by atoms with Crippen molar-refractivity contribution < 1.29 is 4.79 Å². The van der Waals surface area contributed by atoms with Gasteiger partial charge in [0.2, 0.25) is 5.91 Å². The van der Waals surface area contributed by atoms with E-state index in [9.17, 15) is 4.79 Å². The van der Waals surface area contributed by atoms with Crippen molar-refractivity contribution in [2.45, 2.75) is 38.3 Å². The summed E-state index contributed by atoms with van der Waals surface area (Å²) < 4.78 is 0. The summed E-state index contributed by atoms with van der Waals surface area (Å²) in [6.45, 7) is 1.74. The maximum absolute atomic E-state index is 12.5. The Morgan fingerprint density at radius 1 is 1.25 bits per heavy atom. The normalized spacial score (nSPS) is 21.9. The van der Waals surface area contributed by atoms with Gasteiger partial charge in [-0.1, -0.05) is 36.8 Å². The van der Waals surface area contributed by atoms with Gasteiger partial charge in [0, 0.05) is 32.1 Å². The second-order valence-electron chi connectivity index (χ2n) is 5.65. The maximum Gasteiger partial charge on any atom is 0.223 e. The van der Waals surface area contributed by atoms with Gasteiger partial charge in [-0.3, -0.25) is 4.79 Å². The maximum atomic E-state index is 12.5. The molecule has 110 valence electrons. The first-order valence-electron chi connectivity index (χ1n) is 7.48. The highest BCUT2D eigenvalue weighted by Gasteiger charge is 2.27. The molecule has 1 saturated carbocycles. The Morgan fingerprint density at radius 2 is 2.00 bits per heavy atom. The van der Waals surface area contributed by atoms with Crippen LogP contribution in [0, 0.1) is 5.92 Å². The Morgan fingerprint density at radius 3 is 2.60 bits per heavy atom. The molecule has 0 saturated heterocycles. The Kier molecular flexibility index (Phi) is 5.56. The summed E-state index contributed by atoms with van der Waals surface area (Å²) in [4.78, 5) is 14.3. The fourth-order valence-corrected chi connectivity index (χ4v) is 2.92. The lowest BCUT2D eigenvalue weighted by molar-refractivity contribution is -0.132. The molecular formula is C16H25N3O. The molecule has 0 bridgehead atoms. The molecule has 0 heterocycles. The Labute approximate surface area is 121 Å². The van der Waals surface area contributed by atoms with Gasteiger partial charge in [-0.05, 0) is 24.3 Å². The first kappa shape index (κ1) is 15.0. The zero-order valence-corrected chi connectivity index (χ0v) is 12.0. The second-order valence-corrected chi connectivity index (χ2v) is 5.65. The molecule has 1 fully saturated rings. The number of rotatable bonds is 6. The van der Waals surface area contributed by atoms with E-state index in [0.717, 1.165) is 24.8 Å². The molecule has 1 aromatic carbocycles. The predicted molar refractivity (Wildman–Crippen MR) is 80.8 cm³/mol. The summed E-state index contributed by atoms with van der Waals surface area (Å²) in [7, 11) is 0. The average Bonchev–Trinajstić information content (AvgIpc) is 2.85. The van der Waals surface area contributed by atoms with Crippen molar-refractivity contribution in [1.29, 1.82) is 0 Å². The fourth-order valence-electron chi connectivity index (χ4n) is 2.92. The number of nitrogens with zero attached hydrogens (tertiary/aromatic N) is 1. The van der Waals surface area contributed by atoms with E-state index in [2.05, 4.69) is 0 Å². The van der Waals surface area contributed by atoms with Gasteiger partial charge in [0.05, 0.1) is 0 Å². The quantitative estimate of drug-likeness (QED) is 0.826. The molecule has 2 rings (SSSR count). The van der Waals surface area contributed by atoms with Gasteiger partial charge < -0.3 is 16.4 Å². The molecule has 1 aromatic rings. The van der Waals surface area contributed by atoms with E-state index in [-0.39, 0.29) is 11.9 Å². The third kappa shape index (κ3) is 4.05. The van der Waals surface area contributed by atoms with Crippen molar-refractivity contribution in [3.05, 3.63) is 35.9 Å². The highest BCUT2D eigenvalue weighted by atomic mass is 16.2. The minimum absolute atomic E-state index is 0.182. The Bertz CT molecular complexity index is 421. The van der Waals surface area contributed by atoms with Crippen molar-refractivity contribution >= 4 is 5.91 Å². The van der Waals surface area contributed by atoms with Gasteiger partial charge >= 0.3 is 0 Å². The van der Waals surface area contributed by atoms with Crippen LogP contribution < -0.4 is 11.5 Å². The number of hydrogen-bond donors (Lipinski definition) is 2. The van der Waals surface area contributed by atoms with E-state index in [1.165, 1.54) is 0 Å². The molecule has 0 aliphatic heterocycles. The molecular weight excluding hydrogens is 250 g/mol. The van der Waals surface area contributed by atoms with Crippen LogP contribution in [0.2, 0.25) is 0 Å². The summed E-state index contributed by atoms with van der Waals surface area (Å²) in [5.74, 6) is 0.528. The molecule has 4 heteroatoms. The van der Waals surface area contributed by atoms with Crippen LogP contribution in [0.5, 0.6) is 0 Å². The molecule has 4 N–H and O–H groups in total. The number of hydrogen-bond acceptors (Lipinski definition) is 3. The van der Waals surface area contributed by atoms with Gasteiger partial charge in [0.25, 0.3) is 0 Å². The SMILES string of the molecule is NCCN(Cc1ccccc1)C(=O)C[C@@H]1CCC[C@H]1N. The minimum atomic E-state index is 0.182. The lowest BCUT2D eigenvalue weighted by atomic mass is 9.99. The number of nitrogens with two attached hydrogens (primary N) is 2. The van der Waals surface area contributed by atoms with Crippen molar-refractivity contribution in [2.24, 2.45) is 17.4 Å². The first-order chi connectivity index (χ1) is 9.70. The lowest BCUT2D eigenvalue weighted by Crippen LogP contribution is -2.37. The summed E-state index contributed by atoms with van der Waals surface area (Å²) in [5, 5.41) is 0. The molecule has 1 aliphatic rings. The number of carbonyl (C=O) groups excluding carboxylic acids is 1. The molecule has 0 aromatic heterocycles.